The molecular formula is C25H26BrClF3N5O3. The van der Waals surface area contributed by atoms with E-state index in [1.54, 1.807) is 12.1 Å². The molecule has 1 fully saturated rings. The summed E-state index contributed by atoms with van der Waals surface area (Å²) in [5.74, 6) is -1.33. The molecule has 0 aliphatic heterocycles. The third-order valence-electron chi connectivity index (χ3n) is 5.82. The Bertz CT molecular complexity index is 1300. The number of fused-ring (bicyclic) bond motifs is 1. The summed E-state index contributed by atoms with van der Waals surface area (Å²) in [6.07, 6.45) is -1.43. The van der Waals surface area contributed by atoms with Crippen LogP contribution >= 0.6 is 27.5 Å². The summed E-state index contributed by atoms with van der Waals surface area (Å²) in [5.41, 5.74) is 1.42. The van der Waals surface area contributed by atoms with E-state index in [0.29, 0.717) is 16.5 Å². The van der Waals surface area contributed by atoms with Crippen LogP contribution in [0.1, 0.15) is 36.0 Å². The molecule has 1 aliphatic carbocycles. The van der Waals surface area contributed by atoms with E-state index in [0.717, 1.165) is 46.9 Å². The van der Waals surface area contributed by atoms with E-state index in [9.17, 15) is 18.0 Å². The lowest BCUT2D eigenvalue weighted by Gasteiger charge is -2.30. The molecule has 2 aromatic carbocycles. The first-order chi connectivity index (χ1) is 17.8. The molecule has 1 amide bonds. The van der Waals surface area contributed by atoms with Gasteiger partial charge in [0.25, 0.3) is 5.91 Å². The summed E-state index contributed by atoms with van der Waals surface area (Å²) in [7, 11) is 3.98. The average Bonchev–Trinajstić information content (AvgIpc) is 2.86. The number of hydrogen-bond donors (Lipinski definition) is 3. The van der Waals surface area contributed by atoms with Crippen molar-refractivity contribution in [3.63, 3.8) is 0 Å². The first kappa shape index (κ1) is 29.4. The zero-order valence-electron chi connectivity index (χ0n) is 20.5. The lowest BCUT2D eigenvalue weighted by atomic mass is 9.91. The van der Waals surface area contributed by atoms with Crippen LogP contribution in [0.5, 0.6) is 0 Å². The fourth-order valence-corrected chi connectivity index (χ4v) is 4.53. The Balaban J connectivity index is 0.000000505. The number of carboxylic acid groups (broad SMARTS) is 1. The molecule has 0 spiro atoms. The van der Waals surface area contributed by atoms with Crippen molar-refractivity contribution in [3.8, 4) is 0 Å². The number of halogens is 5. The van der Waals surface area contributed by atoms with Crippen LogP contribution in [0.3, 0.4) is 0 Å². The maximum atomic E-state index is 12.6. The molecule has 1 aliphatic rings. The van der Waals surface area contributed by atoms with Crippen molar-refractivity contribution in [3.05, 3.63) is 57.5 Å². The number of carbonyl (C=O) groups is 2. The molecule has 0 unspecified atom stereocenters. The highest BCUT2D eigenvalue weighted by Crippen LogP contribution is 2.27. The number of amides is 1. The van der Waals surface area contributed by atoms with Crippen molar-refractivity contribution in [2.24, 2.45) is 0 Å². The van der Waals surface area contributed by atoms with Crippen molar-refractivity contribution in [1.29, 1.82) is 0 Å². The van der Waals surface area contributed by atoms with E-state index >= 15 is 0 Å². The summed E-state index contributed by atoms with van der Waals surface area (Å²) in [5, 5.41) is 15.2. The number of rotatable bonds is 5. The molecule has 38 heavy (non-hydrogen) atoms. The molecule has 204 valence electrons. The van der Waals surface area contributed by atoms with Gasteiger partial charge in [-0.15, -0.1) is 0 Å². The number of benzene rings is 2. The van der Waals surface area contributed by atoms with Crippen LogP contribution in [0.25, 0.3) is 10.9 Å². The normalized spacial score (nSPS) is 17.2. The average molecular weight is 617 g/mol. The van der Waals surface area contributed by atoms with Crippen LogP contribution in [-0.4, -0.2) is 59.3 Å². The largest absolute Gasteiger partial charge is 0.490 e. The Morgan fingerprint density at radius 1 is 1.05 bits per heavy atom. The minimum absolute atomic E-state index is 0.129. The molecule has 0 radical (unpaired) electrons. The highest BCUT2D eigenvalue weighted by Gasteiger charge is 2.38. The highest BCUT2D eigenvalue weighted by molar-refractivity contribution is 9.10. The Hall–Kier alpha value is -3.12. The minimum atomic E-state index is -5.08. The minimum Gasteiger partial charge on any atom is -0.475 e. The molecule has 4 rings (SSSR count). The molecule has 0 bridgehead atoms. The number of anilines is 2. The highest BCUT2D eigenvalue weighted by atomic mass is 79.9. The first-order valence-corrected chi connectivity index (χ1v) is 12.8. The third kappa shape index (κ3) is 7.94. The van der Waals surface area contributed by atoms with E-state index in [4.69, 9.17) is 31.5 Å². The van der Waals surface area contributed by atoms with Gasteiger partial charge in [0.15, 0.2) is 0 Å². The molecule has 0 saturated heterocycles. The standard InChI is InChI=1S/C23H25BrClN5O.C2HF3O2/c1-30(2)21-17-5-3-4-6-20(17)28-23(29-21)27-16-10-8-15(9-11-16)26-22(31)18-13-14(24)7-12-19(18)25;3-2(4,5)1(6)7/h3-7,12-13,15-16H,8-11H2,1-2H3,(H,26,31)(H,27,28,29);(H,6,7). The summed E-state index contributed by atoms with van der Waals surface area (Å²) in [6, 6.07) is 13.8. The molecule has 13 heteroatoms. The van der Waals surface area contributed by atoms with Gasteiger partial charge < -0.3 is 20.6 Å². The van der Waals surface area contributed by atoms with Crippen molar-refractivity contribution >= 4 is 62.1 Å². The summed E-state index contributed by atoms with van der Waals surface area (Å²) >= 11 is 9.59. The topological polar surface area (TPSA) is 107 Å². The second-order valence-corrected chi connectivity index (χ2v) is 10.2. The number of nitrogens with zero attached hydrogens (tertiary/aromatic N) is 3. The van der Waals surface area contributed by atoms with Gasteiger partial charge in [-0.25, -0.2) is 9.78 Å². The smallest absolute Gasteiger partial charge is 0.475 e. The van der Waals surface area contributed by atoms with E-state index in [-0.39, 0.29) is 18.0 Å². The SMILES string of the molecule is CN(C)c1nc(NC2CCC(NC(=O)c3cc(Br)ccc3Cl)CC2)nc2ccccc12.O=C(O)C(F)(F)F. The van der Waals surface area contributed by atoms with Crippen molar-refractivity contribution in [2.75, 3.05) is 24.3 Å². The summed E-state index contributed by atoms with van der Waals surface area (Å²) < 4.78 is 32.6. The van der Waals surface area contributed by atoms with Gasteiger partial charge in [0, 0.05) is 36.0 Å². The number of carbonyl (C=O) groups excluding carboxylic acids is 1. The molecule has 1 saturated carbocycles. The van der Waals surface area contributed by atoms with Crippen LogP contribution in [-0.2, 0) is 4.79 Å². The lowest BCUT2D eigenvalue weighted by molar-refractivity contribution is -0.192. The number of hydrogen-bond acceptors (Lipinski definition) is 6. The maximum Gasteiger partial charge on any atom is 0.490 e. The van der Waals surface area contributed by atoms with E-state index in [1.165, 1.54) is 0 Å². The van der Waals surface area contributed by atoms with Gasteiger partial charge in [-0.05, 0) is 56.0 Å². The van der Waals surface area contributed by atoms with Gasteiger partial charge in [0.2, 0.25) is 5.95 Å². The summed E-state index contributed by atoms with van der Waals surface area (Å²) in [6.45, 7) is 0. The number of aromatic nitrogens is 2. The maximum absolute atomic E-state index is 12.6. The molecule has 8 nitrogen and oxygen atoms in total. The first-order valence-electron chi connectivity index (χ1n) is 11.6. The molecular weight excluding hydrogens is 591 g/mol. The fraction of sp³-hybridized carbons (Fsp3) is 0.360. The second kappa shape index (κ2) is 12.6. The van der Waals surface area contributed by atoms with E-state index in [1.807, 2.05) is 49.3 Å². The monoisotopic (exact) mass is 615 g/mol. The molecule has 3 aromatic rings. The number of carboxylic acids is 1. The zero-order valence-corrected chi connectivity index (χ0v) is 22.9. The van der Waals surface area contributed by atoms with Crippen molar-refractivity contribution in [1.82, 2.24) is 15.3 Å². The van der Waals surface area contributed by atoms with Gasteiger partial charge in [0.05, 0.1) is 16.1 Å². The van der Waals surface area contributed by atoms with Crippen LogP contribution in [0, 0.1) is 0 Å². The van der Waals surface area contributed by atoms with Crippen molar-refractivity contribution < 1.29 is 27.9 Å². The van der Waals surface area contributed by atoms with Crippen molar-refractivity contribution in [2.45, 2.75) is 43.9 Å². The van der Waals surface area contributed by atoms with E-state index < -0.39 is 12.1 Å². The van der Waals surface area contributed by atoms with Gasteiger partial charge in [0.1, 0.15) is 5.82 Å². The van der Waals surface area contributed by atoms with Gasteiger partial charge in [-0.3, -0.25) is 4.79 Å². The second-order valence-electron chi connectivity index (χ2n) is 8.88. The van der Waals surface area contributed by atoms with Gasteiger partial charge in [-0.2, -0.15) is 18.2 Å². The number of aliphatic carboxylic acids is 1. The molecule has 1 aromatic heterocycles. The Morgan fingerprint density at radius 3 is 2.26 bits per heavy atom. The number of para-hydroxylation sites is 1. The Labute approximate surface area is 230 Å². The summed E-state index contributed by atoms with van der Waals surface area (Å²) in [4.78, 5) is 33.0. The molecule has 3 N–H and O–H groups in total. The lowest BCUT2D eigenvalue weighted by Crippen LogP contribution is -2.40. The van der Waals surface area contributed by atoms with Gasteiger partial charge >= 0.3 is 12.1 Å². The molecule has 1 heterocycles. The van der Waals surface area contributed by atoms with Crippen LogP contribution in [0.2, 0.25) is 5.02 Å². The predicted molar refractivity (Wildman–Crippen MR) is 144 cm³/mol. The third-order valence-corrected chi connectivity index (χ3v) is 6.64. The Morgan fingerprint density at radius 2 is 1.66 bits per heavy atom. The quantitative estimate of drug-likeness (QED) is 0.328. The fourth-order valence-electron chi connectivity index (χ4n) is 3.96. The Kier molecular flexibility index (Phi) is 9.77. The van der Waals surface area contributed by atoms with Crippen LogP contribution in [0.15, 0.2) is 46.9 Å². The molecule has 0 atom stereocenters. The van der Waals surface area contributed by atoms with Crippen LogP contribution in [0.4, 0.5) is 24.9 Å². The van der Waals surface area contributed by atoms with Gasteiger partial charge in [-0.1, -0.05) is 39.7 Å². The predicted octanol–water partition coefficient (Wildman–Crippen LogP) is 5.90. The van der Waals surface area contributed by atoms with E-state index in [2.05, 4.69) is 26.6 Å². The number of nitrogens with one attached hydrogen (secondary N) is 2. The zero-order chi connectivity index (χ0) is 28.0. The van der Waals surface area contributed by atoms with Crippen LogP contribution < -0.4 is 15.5 Å². The number of alkyl halides is 3.